The van der Waals surface area contributed by atoms with E-state index < -0.39 is 70.5 Å². The molecule has 0 bridgehead atoms. The predicted octanol–water partition coefficient (Wildman–Crippen LogP) is 11.4. The van der Waals surface area contributed by atoms with Gasteiger partial charge in [0.05, 0.1) is 16.7 Å². The number of rotatable bonds is 16. The smallest absolute Gasteiger partial charge is 0.444 e. The standard InChI is InChI=1S/C51H56ClF3N4O8S3/c1-50(2,3)67-49(61)59-28-10-11-40(59)31-38(33-68-41-12-6-5-7-13-41)56-45-25-24-42(32-46(45)69(62,63)51(53,54)55)70(64,65)57-48(60)36-18-22-39(23-19-36)58-29-26-35(27-30-58)47(66-4)44-15-9-8-14-43(44)34-16-20-37(52)21-17-34/h5-9,12-25,32,35,38,40,47,56H,10-11,26-31,33H2,1-4H3,(H,57,60)/t38?,40-,47?/m1/s1. The van der Waals surface area contributed by atoms with Crippen molar-refractivity contribution in [3.05, 3.63) is 137 Å². The molecular weight excluding hydrogens is 985 g/mol. The SMILES string of the molecule is COC(c1ccccc1-c1ccc(Cl)cc1)C1CCN(c2ccc(C(=O)NS(=O)(=O)c3ccc(NC(CSc4ccccc4)C[C@H]4CCCN4C(=O)OC(C)(C)C)c(S(=O)(=O)C(F)(F)F)c3)cc2)CC1. The van der Waals surface area contributed by atoms with Gasteiger partial charge >= 0.3 is 11.6 Å². The molecule has 2 aliphatic heterocycles. The number of methoxy groups -OCH3 is 1. The zero-order valence-electron chi connectivity index (χ0n) is 39.1. The quantitative estimate of drug-likeness (QED) is 0.0909. The normalized spacial score (nSPS) is 16.9. The Morgan fingerprint density at radius 2 is 1.49 bits per heavy atom. The van der Waals surface area contributed by atoms with E-state index in [-0.39, 0.29) is 29.8 Å². The van der Waals surface area contributed by atoms with Crippen molar-refractivity contribution in [1.29, 1.82) is 0 Å². The lowest BCUT2D eigenvalue weighted by atomic mass is 9.84. The number of carbonyl (C=O) groups excluding carboxylic acids is 2. The maximum absolute atomic E-state index is 14.4. The Labute approximate surface area is 417 Å². The van der Waals surface area contributed by atoms with E-state index in [0.29, 0.717) is 43.6 Å². The van der Waals surface area contributed by atoms with Crippen LogP contribution in [0.15, 0.2) is 136 Å². The fourth-order valence-electron chi connectivity index (χ4n) is 8.94. The van der Waals surface area contributed by atoms with E-state index in [2.05, 4.69) is 22.3 Å². The molecule has 3 atom stereocenters. The van der Waals surface area contributed by atoms with Gasteiger partial charge in [0, 0.05) is 65.7 Å². The van der Waals surface area contributed by atoms with Gasteiger partial charge in [-0.05, 0) is 142 Å². The van der Waals surface area contributed by atoms with Crippen molar-refractivity contribution in [1.82, 2.24) is 9.62 Å². The van der Waals surface area contributed by atoms with Crippen molar-refractivity contribution < 1.29 is 49.1 Å². The Kier molecular flexibility index (Phi) is 16.5. The lowest BCUT2D eigenvalue weighted by molar-refractivity contribution is -0.0436. The Bertz CT molecular complexity index is 2840. The Morgan fingerprint density at radius 1 is 0.829 bits per heavy atom. The minimum Gasteiger partial charge on any atom is -0.444 e. The summed E-state index contributed by atoms with van der Waals surface area (Å²) in [5.74, 6) is -0.634. The summed E-state index contributed by atoms with van der Waals surface area (Å²) < 4.78 is 110. The highest BCUT2D eigenvalue weighted by Crippen LogP contribution is 2.40. The van der Waals surface area contributed by atoms with E-state index in [1.54, 1.807) is 44.9 Å². The molecule has 19 heteroatoms. The first kappa shape index (κ1) is 52.6. The number of ether oxygens (including phenoxy) is 2. The molecule has 2 fully saturated rings. The molecule has 0 radical (unpaired) electrons. The van der Waals surface area contributed by atoms with E-state index in [0.717, 1.165) is 52.2 Å². The number of alkyl halides is 3. The molecule has 2 saturated heterocycles. The van der Waals surface area contributed by atoms with Crippen LogP contribution < -0.4 is 14.9 Å². The molecule has 7 rings (SSSR count). The van der Waals surface area contributed by atoms with Crippen molar-refractivity contribution in [2.75, 3.05) is 42.7 Å². The first-order valence-corrected chi connectivity index (χ1v) is 27.2. The number of sulfone groups is 1. The minimum absolute atomic E-state index is 0.0482. The first-order valence-electron chi connectivity index (χ1n) is 22.8. The van der Waals surface area contributed by atoms with Crippen LogP contribution >= 0.6 is 23.4 Å². The van der Waals surface area contributed by atoms with Gasteiger partial charge in [0.25, 0.3) is 25.8 Å². The van der Waals surface area contributed by atoms with Gasteiger partial charge in [-0.1, -0.05) is 66.2 Å². The molecule has 2 unspecified atom stereocenters. The number of hydrogen-bond acceptors (Lipinski definition) is 11. The fourth-order valence-corrected chi connectivity index (χ4v) is 12.1. The highest BCUT2D eigenvalue weighted by molar-refractivity contribution is 7.99. The fraction of sp³-hybridized carbons (Fsp3) is 0.373. The third kappa shape index (κ3) is 12.8. The summed E-state index contributed by atoms with van der Waals surface area (Å²) in [6.07, 6.45) is 2.31. The molecule has 2 aliphatic rings. The third-order valence-electron chi connectivity index (χ3n) is 12.3. The summed E-state index contributed by atoms with van der Waals surface area (Å²) in [4.78, 5) is 29.0. The Balaban J connectivity index is 1.05. The van der Waals surface area contributed by atoms with Crippen molar-refractivity contribution in [3.8, 4) is 11.1 Å². The van der Waals surface area contributed by atoms with E-state index in [4.69, 9.17) is 21.1 Å². The van der Waals surface area contributed by atoms with Crippen LogP contribution in [0.5, 0.6) is 0 Å². The monoisotopic (exact) mass is 1040 g/mol. The van der Waals surface area contributed by atoms with Gasteiger partial charge in [0.2, 0.25) is 0 Å². The van der Waals surface area contributed by atoms with Gasteiger partial charge in [-0.2, -0.15) is 13.2 Å². The first-order chi connectivity index (χ1) is 33.1. The van der Waals surface area contributed by atoms with E-state index in [1.165, 1.54) is 23.9 Å². The van der Waals surface area contributed by atoms with Crippen molar-refractivity contribution in [2.45, 2.75) is 96.9 Å². The van der Waals surface area contributed by atoms with Crippen LogP contribution in [0, 0.1) is 5.92 Å². The van der Waals surface area contributed by atoms with Gasteiger partial charge < -0.3 is 24.6 Å². The summed E-state index contributed by atoms with van der Waals surface area (Å²) in [6, 6.07) is 32.4. The molecule has 0 aromatic heterocycles. The number of likely N-dealkylation sites (tertiary alicyclic amines) is 1. The number of nitrogens with zero attached hydrogens (tertiary/aromatic N) is 2. The maximum atomic E-state index is 14.4. The van der Waals surface area contributed by atoms with Crippen LogP contribution in [0.2, 0.25) is 5.02 Å². The molecule has 70 heavy (non-hydrogen) atoms. The zero-order chi connectivity index (χ0) is 50.4. The maximum Gasteiger partial charge on any atom is 0.501 e. The van der Waals surface area contributed by atoms with Crippen LogP contribution in [-0.4, -0.2) is 89.4 Å². The lowest BCUT2D eigenvalue weighted by Gasteiger charge is -2.37. The number of amides is 2. The Morgan fingerprint density at radius 3 is 2.13 bits per heavy atom. The van der Waals surface area contributed by atoms with Gasteiger partial charge in [0.15, 0.2) is 0 Å². The molecule has 5 aromatic rings. The van der Waals surface area contributed by atoms with Crippen LogP contribution in [0.1, 0.15) is 74.9 Å². The number of thioether (sulfide) groups is 1. The number of nitrogens with one attached hydrogen (secondary N) is 2. The number of hydrogen-bond donors (Lipinski definition) is 2. The molecule has 12 nitrogen and oxygen atoms in total. The van der Waals surface area contributed by atoms with Crippen molar-refractivity contribution >= 4 is 66.6 Å². The summed E-state index contributed by atoms with van der Waals surface area (Å²) >= 11 is 7.53. The van der Waals surface area contributed by atoms with E-state index >= 15 is 0 Å². The van der Waals surface area contributed by atoms with Gasteiger partial charge in [-0.15, -0.1) is 11.8 Å². The average molecular weight is 1040 g/mol. The molecule has 2 amide bonds. The number of sulfonamides is 1. The number of anilines is 2. The predicted molar refractivity (Wildman–Crippen MR) is 268 cm³/mol. The topological polar surface area (TPSA) is 151 Å². The second-order valence-corrected chi connectivity index (χ2v) is 23.5. The van der Waals surface area contributed by atoms with E-state index in [1.807, 2.05) is 71.5 Å². The van der Waals surface area contributed by atoms with Crippen LogP contribution in [-0.2, 0) is 29.3 Å². The number of halogens is 4. The summed E-state index contributed by atoms with van der Waals surface area (Å²) in [7, 11) is -9.37. The van der Waals surface area contributed by atoms with E-state index in [9.17, 15) is 39.6 Å². The third-order valence-corrected chi connectivity index (χ3v) is 16.6. The molecule has 0 aliphatic carbocycles. The summed E-state index contributed by atoms with van der Waals surface area (Å²) in [5.41, 5.74) is -3.16. The van der Waals surface area contributed by atoms with Crippen LogP contribution in [0.3, 0.4) is 0 Å². The highest BCUT2D eigenvalue weighted by atomic mass is 35.5. The van der Waals surface area contributed by atoms with Gasteiger partial charge in [-0.3, -0.25) is 4.79 Å². The second-order valence-electron chi connectivity index (χ2n) is 18.3. The lowest BCUT2D eigenvalue weighted by Crippen LogP contribution is -2.42. The van der Waals surface area contributed by atoms with Crippen molar-refractivity contribution in [3.63, 3.8) is 0 Å². The summed E-state index contributed by atoms with van der Waals surface area (Å²) in [5, 5.41) is 3.61. The molecule has 374 valence electrons. The average Bonchev–Trinajstić information content (AvgIpc) is 3.79. The molecule has 2 N–H and O–H groups in total. The Hall–Kier alpha value is -5.27. The van der Waals surface area contributed by atoms with Crippen LogP contribution in [0.25, 0.3) is 11.1 Å². The minimum atomic E-state index is -6.16. The largest absolute Gasteiger partial charge is 0.501 e. The summed E-state index contributed by atoms with van der Waals surface area (Å²) in [6.45, 7) is 6.97. The van der Waals surface area contributed by atoms with Gasteiger partial charge in [-0.25, -0.2) is 26.4 Å². The molecule has 0 spiro atoms. The number of carbonyl (C=O) groups is 2. The van der Waals surface area contributed by atoms with Gasteiger partial charge in [0.1, 0.15) is 10.5 Å². The second kappa shape index (κ2) is 22.0. The zero-order valence-corrected chi connectivity index (χ0v) is 42.3. The molecule has 0 saturated carbocycles. The van der Waals surface area contributed by atoms with Crippen LogP contribution in [0.4, 0.5) is 29.3 Å². The number of piperidine rings is 1. The number of benzene rings is 5. The molecule has 5 aromatic carbocycles. The highest BCUT2D eigenvalue weighted by Gasteiger charge is 2.49. The van der Waals surface area contributed by atoms with Crippen molar-refractivity contribution in [2.24, 2.45) is 5.92 Å². The molecule has 2 heterocycles. The molecular formula is C51H56ClF3N4O8S3.